The van der Waals surface area contributed by atoms with Crippen LogP contribution in [0.4, 0.5) is 10.2 Å². The summed E-state index contributed by atoms with van der Waals surface area (Å²) in [5.74, 6) is 0.803. The van der Waals surface area contributed by atoms with Gasteiger partial charge >= 0.3 is 0 Å². The van der Waals surface area contributed by atoms with E-state index in [1.165, 1.54) is 16.8 Å². The van der Waals surface area contributed by atoms with Crippen molar-refractivity contribution >= 4 is 17.4 Å². The maximum atomic E-state index is 14.0. The van der Waals surface area contributed by atoms with Gasteiger partial charge in [0.25, 0.3) is 5.91 Å². The molecule has 0 aromatic carbocycles. The standard InChI is InChI=1S/C20H21FN6O3/c1-11-10-29-16-9-27-17-15(7-24-27)19(28)22-4-3-12(2)30-20-13(5-14(21)6-23-20)8-26(11)18(16)25-17/h5-7,9,11-12H,3-4,8,10H2,1-2H3,(H,22,28)/t11-,12?/m1/s1. The van der Waals surface area contributed by atoms with E-state index in [-0.39, 0.29) is 18.1 Å². The van der Waals surface area contributed by atoms with Gasteiger partial charge in [-0.2, -0.15) is 5.10 Å². The van der Waals surface area contributed by atoms with Crippen molar-refractivity contribution in [2.45, 2.75) is 39.0 Å². The molecule has 9 nitrogen and oxygen atoms in total. The van der Waals surface area contributed by atoms with Crippen LogP contribution in [0.1, 0.15) is 36.2 Å². The second kappa shape index (κ2) is 7.12. The molecule has 3 aromatic heterocycles. The Kier molecular flexibility index (Phi) is 4.41. The second-order valence-corrected chi connectivity index (χ2v) is 7.63. The highest BCUT2D eigenvalue weighted by Gasteiger charge is 2.30. The van der Waals surface area contributed by atoms with E-state index in [1.54, 1.807) is 6.20 Å². The number of amides is 1. The summed E-state index contributed by atoms with van der Waals surface area (Å²) < 4.78 is 27.4. The van der Waals surface area contributed by atoms with Crippen molar-refractivity contribution in [2.24, 2.45) is 0 Å². The minimum atomic E-state index is -0.430. The predicted molar refractivity (Wildman–Crippen MR) is 105 cm³/mol. The zero-order valence-electron chi connectivity index (χ0n) is 16.6. The average molecular weight is 412 g/mol. The summed E-state index contributed by atoms with van der Waals surface area (Å²) >= 11 is 0. The quantitative estimate of drug-likeness (QED) is 0.603. The van der Waals surface area contributed by atoms with Crippen molar-refractivity contribution < 1.29 is 18.7 Å². The van der Waals surface area contributed by atoms with Crippen LogP contribution in [0.25, 0.3) is 5.65 Å². The molecular weight excluding hydrogens is 391 g/mol. The smallest absolute Gasteiger partial charge is 0.256 e. The summed E-state index contributed by atoms with van der Waals surface area (Å²) in [5.41, 5.74) is 1.45. The van der Waals surface area contributed by atoms with Gasteiger partial charge in [-0.3, -0.25) is 4.79 Å². The molecule has 156 valence electrons. The van der Waals surface area contributed by atoms with Gasteiger partial charge in [-0.05, 0) is 19.9 Å². The van der Waals surface area contributed by atoms with Gasteiger partial charge < -0.3 is 19.7 Å². The molecule has 1 unspecified atom stereocenters. The molecular formula is C20H21FN6O3. The molecule has 5 rings (SSSR count). The molecule has 0 saturated heterocycles. The first-order valence-electron chi connectivity index (χ1n) is 9.86. The molecule has 10 heteroatoms. The SMILES string of the molecule is CC1CCNC(=O)c2cnn3cc4c(nc23)N(Cc2cc(F)cnc2O1)[C@H](C)CO4. The van der Waals surface area contributed by atoms with Crippen molar-refractivity contribution in [3.8, 4) is 11.6 Å². The van der Waals surface area contributed by atoms with E-state index in [0.717, 1.165) is 6.20 Å². The molecule has 2 atom stereocenters. The Morgan fingerprint density at radius 3 is 3.03 bits per heavy atom. The molecule has 2 aliphatic rings. The first-order valence-corrected chi connectivity index (χ1v) is 9.86. The molecule has 3 aromatic rings. The molecule has 0 aliphatic carbocycles. The van der Waals surface area contributed by atoms with Crippen LogP contribution in [-0.2, 0) is 6.54 Å². The summed E-state index contributed by atoms with van der Waals surface area (Å²) in [6, 6.07) is 1.40. The van der Waals surface area contributed by atoms with Crippen molar-refractivity contribution in [3.05, 3.63) is 41.6 Å². The number of hydrogen-bond acceptors (Lipinski definition) is 7. The van der Waals surface area contributed by atoms with Gasteiger partial charge in [0, 0.05) is 18.5 Å². The molecule has 30 heavy (non-hydrogen) atoms. The Bertz CT molecular complexity index is 1130. The number of fused-ring (bicyclic) bond motifs is 1. The fourth-order valence-electron chi connectivity index (χ4n) is 3.70. The highest BCUT2D eigenvalue weighted by molar-refractivity contribution is 5.99. The first-order chi connectivity index (χ1) is 14.5. The lowest BCUT2D eigenvalue weighted by Crippen LogP contribution is -2.41. The van der Waals surface area contributed by atoms with Crippen LogP contribution in [0, 0.1) is 5.82 Å². The highest BCUT2D eigenvalue weighted by Crippen LogP contribution is 2.35. The minimum absolute atomic E-state index is 0.0332. The third-order valence-corrected chi connectivity index (χ3v) is 5.35. The number of nitrogens with zero attached hydrogens (tertiary/aromatic N) is 5. The maximum Gasteiger partial charge on any atom is 0.256 e. The number of carbonyl (C=O) groups is 1. The van der Waals surface area contributed by atoms with Gasteiger partial charge in [-0.1, -0.05) is 0 Å². The molecule has 1 N–H and O–H groups in total. The number of nitrogens with one attached hydrogen (secondary N) is 1. The van der Waals surface area contributed by atoms with Crippen molar-refractivity contribution in [1.82, 2.24) is 24.9 Å². The Morgan fingerprint density at radius 1 is 1.30 bits per heavy atom. The number of aromatic nitrogens is 4. The molecule has 0 saturated carbocycles. The highest BCUT2D eigenvalue weighted by atomic mass is 19.1. The van der Waals surface area contributed by atoms with Crippen LogP contribution < -0.4 is 19.7 Å². The van der Waals surface area contributed by atoms with Gasteiger partial charge in [0.15, 0.2) is 17.2 Å². The summed E-state index contributed by atoms with van der Waals surface area (Å²) in [7, 11) is 0. The first kappa shape index (κ1) is 18.6. The summed E-state index contributed by atoms with van der Waals surface area (Å²) in [6.07, 6.45) is 4.71. The molecule has 2 bridgehead atoms. The third-order valence-electron chi connectivity index (χ3n) is 5.35. The monoisotopic (exact) mass is 412 g/mol. The topological polar surface area (TPSA) is 93.9 Å². The fourth-order valence-corrected chi connectivity index (χ4v) is 3.70. The fraction of sp³-hybridized carbons (Fsp3) is 0.400. The lowest BCUT2D eigenvalue weighted by Gasteiger charge is -2.36. The third kappa shape index (κ3) is 3.17. The Balaban J connectivity index is 1.67. The van der Waals surface area contributed by atoms with Gasteiger partial charge in [0.05, 0.1) is 37.3 Å². The van der Waals surface area contributed by atoms with Crippen LogP contribution in [0.5, 0.6) is 11.6 Å². The van der Waals surface area contributed by atoms with Crippen molar-refractivity contribution in [1.29, 1.82) is 0 Å². The number of halogens is 1. The molecule has 2 aliphatic heterocycles. The summed E-state index contributed by atoms with van der Waals surface area (Å²) in [4.78, 5) is 23.6. The average Bonchev–Trinajstić information content (AvgIpc) is 3.13. The minimum Gasteiger partial charge on any atom is -0.486 e. The van der Waals surface area contributed by atoms with E-state index < -0.39 is 5.82 Å². The van der Waals surface area contributed by atoms with Crippen LogP contribution in [0.2, 0.25) is 0 Å². The van der Waals surface area contributed by atoms with E-state index in [0.29, 0.717) is 60.3 Å². The van der Waals surface area contributed by atoms with E-state index in [1.807, 2.05) is 18.7 Å². The van der Waals surface area contributed by atoms with Gasteiger partial charge in [0.1, 0.15) is 18.0 Å². The van der Waals surface area contributed by atoms with Crippen molar-refractivity contribution in [2.75, 3.05) is 18.1 Å². The van der Waals surface area contributed by atoms with Crippen LogP contribution in [-0.4, -0.2) is 50.8 Å². The number of anilines is 1. The number of pyridine rings is 1. The Labute approximate surface area is 171 Å². The molecule has 5 heterocycles. The van der Waals surface area contributed by atoms with E-state index >= 15 is 0 Å². The molecule has 0 spiro atoms. The number of carbonyl (C=O) groups excluding carboxylic acids is 1. The molecule has 0 fully saturated rings. The Hall–Kier alpha value is -3.43. The van der Waals surface area contributed by atoms with Crippen LogP contribution >= 0.6 is 0 Å². The normalized spacial score (nSPS) is 21.4. The number of hydrogen-bond donors (Lipinski definition) is 1. The van der Waals surface area contributed by atoms with Gasteiger partial charge in [-0.25, -0.2) is 18.9 Å². The second-order valence-electron chi connectivity index (χ2n) is 7.63. The van der Waals surface area contributed by atoms with E-state index in [2.05, 4.69) is 15.4 Å². The number of rotatable bonds is 0. The van der Waals surface area contributed by atoms with Crippen LogP contribution in [0.15, 0.2) is 24.7 Å². The van der Waals surface area contributed by atoms with Gasteiger partial charge in [-0.15, -0.1) is 0 Å². The molecule has 0 radical (unpaired) electrons. The van der Waals surface area contributed by atoms with E-state index in [9.17, 15) is 9.18 Å². The van der Waals surface area contributed by atoms with Crippen LogP contribution in [0.3, 0.4) is 0 Å². The predicted octanol–water partition coefficient (Wildman–Crippen LogP) is 1.95. The van der Waals surface area contributed by atoms with Gasteiger partial charge in [0.2, 0.25) is 5.88 Å². The maximum absolute atomic E-state index is 14.0. The summed E-state index contributed by atoms with van der Waals surface area (Å²) in [5, 5.41) is 7.13. The van der Waals surface area contributed by atoms with E-state index in [4.69, 9.17) is 14.5 Å². The Morgan fingerprint density at radius 2 is 2.17 bits per heavy atom. The number of ether oxygens (including phenoxy) is 2. The lowest BCUT2D eigenvalue weighted by molar-refractivity contribution is 0.0948. The lowest BCUT2D eigenvalue weighted by atomic mass is 10.1. The van der Waals surface area contributed by atoms with Crippen molar-refractivity contribution in [3.63, 3.8) is 0 Å². The zero-order chi connectivity index (χ0) is 20.8. The largest absolute Gasteiger partial charge is 0.486 e. The molecule has 1 amide bonds. The summed E-state index contributed by atoms with van der Waals surface area (Å²) in [6.45, 7) is 5.07. The zero-order valence-corrected chi connectivity index (χ0v) is 16.6.